The van der Waals surface area contributed by atoms with Gasteiger partial charge in [0.2, 0.25) is 5.56 Å². The van der Waals surface area contributed by atoms with Crippen LogP contribution >= 0.6 is 0 Å². The van der Waals surface area contributed by atoms with Crippen LogP contribution in [0.5, 0.6) is 0 Å². The minimum absolute atomic E-state index is 0.212. The van der Waals surface area contributed by atoms with Gasteiger partial charge in [0.25, 0.3) is 5.91 Å². The van der Waals surface area contributed by atoms with Crippen LogP contribution < -0.4 is 10.9 Å². The number of aromatic carboxylic acids is 1. The predicted octanol–water partition coefficient (Wildman–Crippen LogP) is 1.05. The number of aromatic nitrogens is 1. The minimum Gasteiger partial charge on any atom is -0.478 e. The molecule has 0 unspecified atom stereocenters. The Hall–Kier alpha value is -2.89. The molecule has 2 rings (SSSR count). The first-order valence-corrected chi connectivity index (χ1v) is 6.36. The maximum atomic E-state index is 11.8. The van der Waals surface area contributed by atoms with Crippen molar-refractivity contribution in [3.8, 4) is 0 Å². The summed E-state index contributed by atoms with van der Waals surface area (Å²) >= 11 is 0. The van der Waals surface area contributed by atoms with Crippen molar-refractivity contribution in [3.63, 3.8) is 0 Å². The maximum Gasteiger partial charge on any atom is 0.335 e. The Morgan fingerprint density at radius 2 is 1.81 bits per heavy atom. The Kier molecular flexibility index (Phi) is 4.50. The molecule has 1 aromatic heterocycles. The molecule has 0 spiro atoms. The van der Waals surface area contributed by atoms with Gasteiger partial charge in [-0.15, -0.1) is 0 Å². The van der Waals surface area contributed by atoms with Gasteiger partial charge in [0, 0.05) is 12.6 Å². The van der Waals surface area contributed by atoms with Crippen LogP contribution in [0.25, 0.3) is 0 Å². The molecule has 21 heavy (non-hydrogen) atoms. The predicted molar refractivity (Wildman–Crippen MR) is 76.5 cm³/mol. The average Bonchev–Trinajstić information content (AvgIpc) is 2.47. The van der Waals surface area contributed by atoms with Gasteiger partial charge in [-0.1, -0.05) is 18.2 Å². The van der Waals surface area contributed by atoms with Crippen LogP contribution in [0.3, 0.4) is 0 Å². The zero-order valence-electron chi connectivity index (χ0n) is 11.1. The van der Waals surface area contributed by atoms with E-state index in [2.05, 4.69) is 10.3 Å². The van der Waals surface area contributed by atoms with Gasteiger partial charge in [0.15, 0.2) is 0 Å². The number of H-pyrrole nitrogens is 1. The number of benzene rings is 1. The summed E-state index contributed by atoms with van der Waals surface area (Å²) in [4.78, 5) is 36.0. The zero-order chi connectivity index (χ0) is 15.2. The normalized spacial score (nSPS) is 10.1. The highest BCUT2D eigenvalue weighted by Crippen LogP contribution is 2.04. The van der Waals surface area contributed by atoms with Gasteiger partial charge >= 0.3 is 5.97 Å². The lowest BCUT2D eigenvalue weighted by molar-refractivity contribution is 0.0696. The third-order valence-electron chi connectivity index (χ3n) is 2.91. The lowest BCUT2D eigenvalue weighted by Gasteiger charge is -2.05. The van der Waals surface area contributed by atoms with E-state index >= 15 is 0 Å². The Balaban J connectivity index is 1.88. The quantitative estimate of drug-likeness (QED) is 0.764. The van der Waals surface area contributed by atoms with Crippen LogP contribution in [0.4, 0.5) is 0 Å². The number of carbonyl (C=O) groups is 2. The third kappa shape index (κ3) is 4.04. The molecule has 6 nitrogen and oxygen atoms in total. The standard InChI is InChI=1S/C15H14N2O4/c18-13-3-1-2-12(17-13)14(19)16-9-8-10-4-6-11(7-5-10)15(20)21/h1-7H,8-9H2,(H,16,19)(H,17,18)(H,20,21). The second-order valence-corrected chi connectivity index (χ2v) is 4.44. The van der Waals surface area contributed by atoms with Crippen molar-refractivity contribution >= 4 is 11.9 Å². The number of rotatable bonds is 5. The number of carboxylic acids is 1. The van der Waals surface area contributed by atoms with Crippen LogP contribution in [0.1, 0.15) is 26.4 Å². The molecule has 0 saturated carbocycles. The second kappa shape index (κ2) is 6.51. The molecular weight excluding hydrogens is 272 g/mol. The van der Waals surface area contributed by atoms with Crippen molar-refractivity contribution in [2.45, 2.75) is 6.42 Å². The van der Waals surface area contributed by atoms with E-state index in [1.54, 1.807) is 12.1 Å². The highest BCUT2D eigenvalue weighted by molar-refractivity contribution is 5.92. The maximum absolute atomic E-state index is 11.8. The zero-order valence-corrected chi connectivity index (χ0v) is 11.1. The largest absolute Gasteiger partial charge is 0.478 e. The number of carbonyl (C=O) groups excluding carboxylic acids is 1. The molecule has 3 N–H and O–H groups in total. The number of nitrogens with one attached hydrogen (secondary N) is 2. The van der Waals surface area contributed by atoms with Crippen molar-refractivity contribution in [2.24, 2.45) is 0 Å². The highest BCUT2D eigenvalue weighted by Gasteiger charge is 2.06. The number of hydrogen-bond donors (Lipinski definition) is 3. The van der Waals surface area contributed by atoms with E-state index in [1.807, 2.05) is 0 Å². The fraction of sp³-hybridized carbons (Fsp3) is 0.133. The summed E-state index contributed by atoms with van der Waals surface area (Å²) in [6, 6.07) is 10.8. The first-order chi connectivity index (χ1) is 10.1. The lowest BCUT2D eigenvalue weighted by atomic mass is 10.1. The van der Waals surface area contributed by atoms with E-state index in [-0.39, 0.29) is 22.7 Å². The van der Waals surface area contributed by atoms with E-state index in [0.29, 0.717) is 13.0 Å². The van der Waals surface area contributed by atoms with Gasteiger partial charge in [0.05, 0.1) is 5.56 Å². The Labute approximate surface area is 120 Å². The van der Waals surface area contributed by atoms with Gasteiger partial charge in [-0.25, -0.2) is 4.79 Å². The number of hydrogen-bond acceptors (Lipinski definition) is 3. The molecule has 0 saturated heterocycles. The summed E-state index contributed by atoms with van der Waals surface area (Å²) < 4.78 is 0. The van der Waals surface area contributed by atoms with Gasteiger partial charge in [-0.05, 0) is 30.2 Å². The number of carboxylic acid groups (broad SMARTS) is 1. The fourth-order valence-corrected chi connectivity index (χ4v) is 1.81. The van der Waals surface area contributed by atoms with Gasteiger partial charge in [-0.3, -0.25) is 9.59 Å². The Morgan fingerprint density at radius 1 is 1.10 bits per heavy atom. The molecule has 1 heterocycles. The van der Waals surface area contributed by atoms with Crippen LogP contribution in [-0.4, -0.2) is 28.5 Å². The molecule has 0 fully saturated rings. The first-order valence-electron chi connectivity index (χ1n) is 6.36. The molecular formula is C15H14N2O4. The van der Waals surface area contributed by atoms with Crippen LogP contribution in [0.15, 0.2) is 47.3 Å². The molecule has 0 aliphatic carbocycles. The summed E-state index contributed by atoms with van der Waals surface area (Å²) in [6.45, 7) is 0.391. The Morgan fingerprint density at radius 3 is 2.43 bits per heavy atom. The van der Waals surface area contributed by atoms with Crippen molar-refractivity contribution in [2.75, 3.05) is 6.54 Å². The monoisotopic (exact) mass is 286 g/mol. The van der Waals surface area contributed by atoms with E-state index in [1.165, 1.54) is 30.3 Å². The first kappa shape index (κ1) is 14.5. The summed E-state index contributed by atoms with van der Waals surface area (Å²) in [5, 5.41) is 11.5. The van der Waals surface area contributed by atoms with E-state index in [0.717, 1.165) is 5.56 Å². The lowest BCUT2D eigenvalue weighted by Crippen LogP contribution is -2.28. The summed E-state index contributed by atoms with van der Waals surface area (Å²) in [6.07, 6.45) is 0.572. The van der Waals surface area contributed by atoms with Gasteiger partial charge < -0.3 is 15.4 Å². The minimum atomic E-state index is -0.970. The molecule has 0 aliphatic rings. The smallest absolute Gasteiger partial charge is 0.335 e. The Bertz CT molecular complexity index is 704. The topological polar surface area (TPSA) is 99.3 Å². The molecule has 1 aromatic carbocycles. The summed E-state index contributed by atoms with van der Waals surface area (Å²) in [7, 11) is 0. The van der Waals surface area contributed by atoms with E-state index in [4.69, 9.17) is 5.11 Å². The van der Waals surface area contributed by atoms with Crippen LogP contribution in [-0.2, 0) is 6.42 Å². The molecule has 0 aliphatic heterocycles. The average molecular weight is 286 g/mol. The highest BCUT2D eigenvalue weighted by atomic mass is 16.4. The molecule has 108 valence electrons. The molecule has 0 radical (unpaired) electrons. The van der Waals surface area contributed by atoms with Crippen molar-refractivity contribution < 1.29 is 14.7 Å². The second-order valence-electron chi connectivity index (χ2n) is 4.44. The van der Waals surface area contributed by atoms with Crippen LogP contribution in [0, 0.1) is 0 Å². The number of aromatic amines is 1. The molecule has 2 aromatic rings. The van der Waals surface area contributed by atoms with Crippen LogP contribution in [0.2, 0.25) is 0 Å². The number of pyridine rings is 1. The van der Waals surface area contributed by atoms with Gasteiger partial charge in [0.1, 0.15) is 5.69 Å². The molecule has 0 bridgehead atoms. The third-order valence-corrected chi connectivity index (χ3v) is 2.91. The molecule has 6 heteroatoms. The molecule has 0 atom stereocenters. The van der Waals surface area contributed by atoms with Crippen molar-refractivity contribution in [1.29, 1.82) is 0 Å². The fourth-order valence-electron chi connectivity index (χ4n) is 1.81. The summed E-state index contributed by atoms with van der Waals surface area (Å²) in [5.41, 5.74) is 1.03. The summed E-state index contributed by atoms with van der Waals surface area (Å²) in [5.74, 6) is -1.32. The number of amides is 1. The van der Waals surface area contributed by atoms with E-state index in [9.17, 15) is 14.4 Å². The SMILES string of the molecule is O=C(O)c1ccc(CCNC(=O)c2cccc(=O)[nH]2)cc1. The van der Waals surface area contributed by atoms with Crippen molar-refractivity contribution in [1.82, 2.24) is 10.3 Å². The van der Waals surface area contributed by atoms with Crippen molar-refractivity contribution in [3.05, 3.63) is 69.6 Å². The molecule has 1 amide bonds. The van der Waals surface area contributed by atoms with E-state index < -0.39 is 5.97 Å². The van der Waals surface area contributed by atoms with Gasteiger partial charge in [-0.2, -0.15) is 0 Å².